The number of hydrogen-bond donors (Lipinski definition) is 1. The van der Waals surface area contributed by atoms with E-state index >= 15 is 0 Å². The van der Waals surface area contributed by atoms with Gasteiger partial charge in [-0.2, -0.15) is 0 Å². The number of aryl methyl sites for hydroxylation is 1. The fourth-order valence-electron chi connectivity index (χ4n) is 6.46. The van der Waals surface area contributed by atoms with E-state index in [0.717, 1.165) is 54.5 Å². The van der Waals surface area contributed by atoms with Gasteiger partial charge < -0.3 is 14.8 Å². The van der Waals surface area contributed by atoms with Crippen molar-refractivity contribution in [2.75, 3.05) is 6.54 Å². The Morgan fingerprint density at radius 2 is 1.54 bits per heavy atom. The third kappa shape index (κ3) is 7.21. The number of amides is 2. The van der Waals surface area contributed by atoms with E-state index in [1.165, 1.54) is 38.5 Å². The van der Waals surface area contributed by atoms with Crippen molar-refractivity contribution in [3.8, 4) is 0 Å². The van der Waals surface area contributed by atoms with Crippen LogP contribution in [-0.4, -0.2) is 44.9 Å². The molecule has 2 fully saturated rings. The second kappa shape index (κ2) is 13.5. The fraction of sp³-hybridized carbons (Fsp3) is 0.531. The van der Waals surface area contributed by atoms with Crippen LogP contribution in [0.3, 0.4) is 0 Å². The molecule has 0 saturated heterocycles. The Morgan fingerprint density at radius 1 is 0.897 bits per heavy atom. The molecule has 0 bridgehead atoms. The summed E-state index contributed by atoms with van der Waals surface area (Å²) in [6.07, 6.45) is 13.8. The highest BCUT2D eigenvalue weighted by atomic mass is 35.5. The number of halogens is 1. The Hall–Kier alpha value is -2.86. The molecule has 0 aliphatic heterocycles. The van der Waals surface area contributed by atoms with Gasteiger partial charge in [0.15, 0.2) is 0 Å². The number of fused-ring (bicyclic) bond motifs is 1. The van der Waals surface area contributed by atoms with Crippen molar-refractivity contribution in [1.82, 2.24) is 19.8 Å². The first-order valence-corrected chi connectivity index (χ1v) is 15.2. The maximum atomic E-state index is 14.0. The molecule has 7 heteroatoms. The number of rotatable bonds is 10. The van der Waals surface area contributed by atoms with Crippen LogP contribution in [0.2, 0.25) is 5.02 Å². The summed E-state index contributed by atoms with van der Waals surface area (Å²) in [5, 5.41) is 3.70. The third-order valence-corrected chi connectivity index (χ3v) is 8.68. The van der Waals surface area contributed by atoms with Gasteiger partial charge >= 0.3 is 0 Å². The van der Waals surface area contributed by atoms with Crippen molar-refractivity contribution < 1.29 is 9.59 Å². The van der Waals surface area contributed by atoms with E-state index in [9.17, 15) is 9.59 Å². The highest BCUT2D eigenvalue weighted by molar-refractivity contribution is 6.30. The largest absolute Gasteiger partial charge is 0.356 e. The molecule has 0 spiro atoms. The molecular weight excluding hydrogens is 508 g/mol. The predicted molar refractivity (Wildman–Crippen MR) is 157 cm³/mol. The quantitative estimate of drug-likeness (QED) is 0.295. The van der Waals surface area contributed by atoms with Gasteiger partial charge in [0.1, 0.15) is 12.4 Å². The standard InChI is InChI=1S/C32H41ClN4O2/c33-25-19-17-24(18-20-25)22-31(38)34-21-9-16-30-35-28-14-7-8-15-29(28)36(30)23-32(39)37(26-10-3-1-4-11-26)27-12-5-2-6-13-27/h7-8,14-15,17-20,26-27H,1-6,9-13,16,21-23H2,(H,34,38). The van der Waals surface area contributed by atoms with E-state index in [2.05, 4.69) is 20.9 Å². The van der Waals surface area contributed by atoms with Crippen LogP contribution >= 0.6 is 11.6 Å². The highest BCUT2D eigenvalue weighted by Crippen LogP contribution is 2.31. The number of aromatic nitrogens is 2. The summed E-state index contributed by atoms with van der Waals surface area (Å²) in [6, 6.07) is 16.2. The molecule has 1 heterocycles. The normalized spacial score (nSPS) is 16.8. The summed E-state index contributed by atoms with van der Waals surface area (Å²) in [4.78, 5) is 33.7. The van der Waals surface area contributed by atoms with Crippen molar-refractivity contribution in [3.05, 3.63) is 64.9 Å². The molecule has 2 aliphatic rings. The van der Waals surface area contributed by atoms with Crippen molar-refractivity contribution in [3.63, 3.8) is 0 Å². The molecule has 208 valence electrons. The van der Waals surface area contributed by atoms with Gasteiger partial charge in [0.05, 0.1) is 17.5 Å². The Labute approximate surface area is 237 Å². The zero-order valence-electron chi connectivity index (χ0n) is 22.9. The van der Waals surface area contributed by atoms with E-state index in [1.54, 1.807) is 12.1 Å². The van der Waals surface area contributed by atoms with Gasteiger partial charge in [0.2, 0.25) is 11.8 Å². The van der Waals surface area contributed by atoms with Crippen LogP contribution in [0.15, 0.2) is 48.5 Å². The number of carbonyl (C=O) groups excluding carboxylic acids is 2. The molecule has 2 amide bonds. The highest BCUT2D eigenvalue weighted by Gasteiger charge is 2.33. The third-order valence-electron chi connectivity index (χ3n) is 8.43. The average molecular weight is 549 g/mol. The molecular formula is C32H41ClN4O2. The van der Waals surface area contributed by atoms with Crippen LogP contribution in [0.25, 0.3) is 11.0 Å². The van der Waals surface area contributed by atoms with Crippen molar-refractivity contribution in [2.24, 2.45) is 0 Å². The lowest BCUT2D eigenvalue weighted by Gasteiger charge is -2.42. The molecule has 0 unspecified atom stereocenters. The molecule has 0 radical (unpaired) electrons. The first-order chi connectivity index (χ1) is 19.1. The second-order valence-corrected chi connectivity index (χ2v) is 11.7. The first-order valence-electron chi connectivity index (χ1n) is 14.8. The monoisotopic (exact) mass is 548 g/mol. The van der Waals surface area contributed by atoms with Crippen LogP contribution < -0.4 is 5.32 Å². The van der Waals surface area contributed by atoms with Crippen LogP contribution in [0.1, 0.15) is 82.0 Å². The van der Waals surface area contributed by atoms with Gasteiger partial charge in [0.25, 0.3) is 0 Å². The van der Waals surface area contributed by atoms with E-state index in [4.69, 9.17) is 16.6 Å². The summed E-state index contributed by atoms with van der Waals surface area (Å²) in [7, 11) is 0. The Morgan fingerprint density at radius 3 is 2.21 bits per heavy atom. The lowest BCUT2D eigenvalue weighted by Crippen LogP contribution is -2.50. The predicted octanol–water partition coefficient (Wildman–Crippen LogP) is 6.48. The zero-order valence-corrected chi connectivity index (χ0v) is 23.7. The Balaban J connectivity index is 1.25. The maximum Gasteiger partial charge on any atom is 0.243 e. The number of carbonyl (C=O) groups is 2. The summed E-state index contributed by atoms with van der Waals surface area (Å²) in [5.41, 5.74) is 2.88. The Kier molecular flexibility index (Phi) is 9.57. The van der Waals surface area contributed by atoms with Gasteiger partial charge in [-0.05, 0) is 61.9 Å². The molecule has 5 rings (SSSR count). The minimum absolute atomic E-state index is 0.00314. The molecule has 6 nitrogen and oxygen atoms in total. The van der Waals surface area contributed by atoms with E-state index in [-0.39, 0.29) is 11.8 Å². The summed E-state index contributed by atoms with van der Waals surface area (Å²) in [6.45, 7) is 0.908. The summed E-state index contributed by atoms with van der Waals surface area (Å²) in [5.74, 6) is 1.16. The van der Waals surface area contributed by atoms with Gasteiger partial charge in [-0.15, -0.1) is 0 Å². The van der Waals surface area contributed by atoms with E-state index in [0.29, 0.717) is 43.0 Å². The molecule has 1 N–H and O–H groups in total. The van der Waals surface area contributed by atoms with Crippen molar-refractivity contribution >= 4 is 34.4 Å². The number of para-hydroxylation sites is 2. The van der Waals surface area contributed by atoms with Crippen LogP contribution in [0.4, 0.5) is 0 Å². The summed E-state index contributed by atoms with van der Waals surface area (Å²) >= 11 is 5.95. The number of nitrogens with one attached hydrogen (secondary N) is 1. The van der Waals surface area contributed by atoms with E-state index < -0.39 is 0 Å². The van der Waals surface area contributed by atoms with Gasteiger partial charge in [-0.3, -0.25) is 9.59 Å². The van der Waals surface area contributed by atoms with Crippen LogP contribution in [-0.2, 0) is 29.0 Å². The molecule has 2 aromatic carbocycles. The second-order valence-electron chi connectivity index (χ2n) is 11.2. The van der Waals surface area contributed by atoms with Gasteiger partial charge in [-0.25, -0.2) is 4.98 Å². The lowest BCUT2D eigenvalue weighted by molar-refractivity contribution is -0.138. The molecule has 39 heavy (non-hydrogen) atoms. The molecule has 0 atom stereocenters. The minimum atomic E-state index is -0.00314. The topological polar surface area (TPSA) is 67.2 Å². The lowest BCUT2D eigenvalue weighted by atomic mass is 9.88. The smallest absolute Gasteiger partial charge is 0.243 e. The number of benzene rings is 2. The number of imidazole rings is 1. The van der Waals surface area contributed by atoms with Crippen LogP contribution in [0, 0.1) is 0 Å². The van der Waals surface area contributed by atoms with E-state index in [1.807, 2.05) is 30.3 Å². The van der Waals surface area contributed by atoms with Crippen LogP contribution in [0.5, 0.6) is 0 Å². The average Bonchev–Trinajstić information content (AvgIpc) is 3.30. The SMILES string of the molecule is O=C(Cc1ccc(Cl)cc1)NCCCc1nc2ccccc2n1CC(=O)N(C1CCCCC1)C1CCCCC1. The first kappa shape index (κ1) is 27.7. The van der Waals surface area contributed by atoms with Gasteiger partial charge in [-0.1, -0.05) is 74.4 Å². The van der Waals surface area contributed by atoms with Gasteiger partial charge in [0, 0.05) is 30.1 Å². The zero-order chi connectivity index (χ0) is 27.0. The molecule has 2 aliphatic carbocycles. The maximum absolute atomic E-state index is 14.0. The molecule has 3 aromatic rings. The Bertz CT molecular complexity index is 1220. The van der Waals surface area contributed by atoms with Crippen molar-refractivity contribution in [2.45, 2.75) is 102 Å². The minimum Gasteiger partial charge on any atom is -0.356 e. The molecule has 1 aromatic heterocycles. The number of nitrogens with zero attached hydrogens (tertiary/aromatic N) is 3. The fourth-order valence-corrected chi connectivity index (χ4v) is 6.58. The number of hydrogen-bond acceptors (Lipinski definition) is 3. The summed E-state index contributed by atoms with van der Waals surface area (Å²) < 4.78 is 2.13. The molecule has 2 saturated carbocycles. The van der Waals surface area contributed by atoms with Crippen molar-refractivity contribution in [1.29, 1.82) is 0 Å².